The first-order valence-electron chi connectivity index (χ1n) is 9.29. The Bertz CT molecular complexity index is 1210. The predicted octanol–water partition coefficient (Wildman–Crippen LogP) is 3.27. The van der Waals surface area contributed by atoms with Crippen molar-refractivity contribution in [2.24, 2.45) is 4.99 Å². The summed E-state index contributed by atoms with van der Waals surface area (Å²) < 4.78 is 1.62. The lowest BCUT2D eigenvalue weighted by Gasteiger charge is -2.09. The molecule has 0 spiro atoms. The minimum atomic E-state index is -0.157. The molecular formula is C22H20N4O2S. The summed E-state index contributed by atoms with van der Waals surface area (Å²) in [5, 5.41) is 3.93. The normalized spacial score (nSPS) is 16.7. The lowest BCUT2D eigenvalue weighted by atomic mass is 10.1. The highest BCUT2D eigenvalue weighted by Gasteiger charge is 2.23. The van der Waals surface area contributed by atoms with Crippen molar-refractivity contribution in [3.8, 4) is 0 Å². The molecule has 0 aliphatic carbocycles. The van der Waals surface area contributed by atoms with Crippen molar-refractivity contribution < 1.29 is 4.79 Å². The zero-order valence-corrected chi connectivity index (χ0v) is 17.0. The number of aryl methyl sites for hydroxylation is 2. The fraction of sp³-hybridized carbons (Fsp3) is 0.182. The number of aliphatic imine (C=N–C) groups is 1. The van der Waals surface area contributed by atoms with Gasteiger partial charge in [-0.1, -0.05) is 42.0 Å². The summed E-state index contributed by atoms with van der Waals surface area (Å²) in [4.78, 5) is 34.5. The average molecular weight is 404 g/mol. The predicted molar refractivity (Wildman–Crippen MR) is 118 cm³/mol. The van der Waals surface area contributed by atoms with Crippen molar-refractivity contribution in [1.29, 1.82) is 0 Å². The van der Waals surface area contributed by atoms with E-state index in [-0.39, 0.29) is 11.5 Å². The molecule has 1 saturated heterocycles. The molecule has 29 heavy (non-hydrogen) atoms. The standard InChI is InChI=1S/C22H20N4O2S/c1-14-7-9-16(10-8-14)13-19-20(27)25-22(29-19)23-11-12-26-15(2)24-18-6-4-3-5-17(18)21(26)28/h3-10,13H,11-12H2,1-2H3,(H,23,25,27)/b19-13-. The number of nitrogens with one attached hydrogen (secondary N) is 1. The Morgan fingerprint density at radius 3 is 2.66 bits per heavy atom. The highest BCUT2D eigenvalue weighted by atomic mass is 32.2. The number of fused-ring (bicyclic) bond motifs is 1. The highest BCUT2D eigenvalue weighted by molar-refractivity contribution is 8.18. The van der Waals surface area contributed by atoms with E-state index in [4.69, 9.17) is 0 Å². The van der Waals surface area contributed by atoms with Crippen LogP contribution < -0.4 is 10.9 Å². The van der Waals surface area contributed by atoms with Crippen LogP contribution in [0.1, 0.15) is 17.0 Å². The van der Waals surface area contributed by atoms with Crippen LogP contribution in [-0.4, -0.2) is 27.2 Å². The van der Waals surface area contributed by atoms with E-state index in [0.717, 1.165) is 5.56 Å². The van der Waals surface area contributed by atoms with E-state index in [1.54, 1.807) is 10.6 Å². The first kappa shape index (κ1) is 19.1. The van der Waals surface area contributed by atoms with Crippen molar-refractivity contribution in [2.75, 3.05) is 6.54 Å². The van der Waals surface area contributed by atoms with Crippen LogP contribution in [0, 0.1) is 13.8 Å². The van der Waals surface area contributed by atoms with Crippen LogP contribution >= 0.6 is 11.8 Å². The van der Waals surface area contributed by atoms with Crippen molar-refractivity contribution in [3.05, 3.63) is 80.7 Å². The van der Waals surface area contributed by atoms with Crippen molar-refractivity contribution in [2.45, 2.75) is 20.4 Å². The fourth-order valence-corrected chi connectivity index (χ4v) is 3.96. The molecule has 1 aromatic heterocycles. The number of carbonyl (C=O) groups excluding carboxylic acids is 1. The van der Waals surface area contributed by atoms with Gasteiger partial charge in [-0.3, -0.25) is 19.1 Å². The third-order valence-electron chi connectivity index (χ3n) is 4.66. The summed E-state index contributed by atoms with van der Waals surface area (Å²) in [6, 6.07) is 15.3. The molecule has 0 bridgehead atoms. The molecule has 1 aliphatic rings. The molecule has 7 heteroatoms. The van der Waals surface area contributed by atoms with E-state index in [1.165, 1.54) is 17.3 Å². The number of thioether (sulfide) groups is 1. The SMILES string of the molecule is Cc1ccc(/C=C2\SC(=NCCn3c(C)nc4ccccc4c3=O)NC2=O)cc1. The summed E-state index contributed by atoms with van der Waals surface area (Å²) in [5.74, 6) is 0.493. The number of aromatic nitrogens is 2. The van der Waals surface area contributed by atoms with E-state index in [0.29, 0.717) is 39.9 Å². The Labute approximate surface area is 172 Å². The number of benzene rings is 2. The zero-order valence-electron chi connectivity index (χ0n) is 16.2. The molecule has 0 atom stereocenters. The van der Waals surface area contributed by atoms with Gasteiger partial charge < -0.3 is 5.32 Å². The van der Waals surface area contributed by atoms with Crippen LogP contribution in [0.2, 0.25) is 0 Å². The quantitative estimate of drug-likeness (QED) is 0.677. The second-order valence-electron chi connectivity index (χ2n) is 6.80. The molecule has 1 fully saturated rings. The van der Waals surface area contributed by atoms with Gasteiger partial charge in [-0.25, -0.2) is 4.98 Å². The Hall–Kier alpha value is -3.19. The van der Waals surface area contributed by atoms with Crippen molar-refractivity contribution >= 4 is 39.8 Å². The molecule has 4 rings (SSSR count). The highest BCUT2D eigenvalue weighted by Crippen LogP contribution is 2.26. The Kier molecular flexibility index (Phi) is 5.31. The molecule has 146 valence electrons. The topological polar surface area (TPSA) is 76.3 Å². The number of hydrogen-bond acceptors (Lipinski definition) is 5. The van der Waals surface area contributed by atoms with Crippen LogP contribution in [0.15, 0.2) is 63.2 Å². The number of rotatable bonds is 4. The Balaban J connectivity index is 1.48. The van der Waals surface area contributed by atoms with E-state index < -0.39 is 0 Å². The summed E-state index contributed by atoms with van der Waals surface area (Å²) in [5.41, 5.74) is 2.77. The van der Waals surface area contributed by atoms with Crippen LogP contribution in [-0.2, 0) is 11.3 Å². The first-order chi connectivity index (χ1) is 14.0. The number of amidine groups is 1. The van der Waals surface area contributed by atoms with Gasteiger partial charge in [0, 0.05) is 6.54 Å². The molecule has 0 saturated carbocycles. The van der Waals surface area contributed by atoms with Gasteiger partial charge in [-0.2, -0.15) is 0 Å². The van der Waals surface area contributed by atoms with Gasteiger partial charge in [0.2, 0.25) is 0 Å². The Morgan fingerprint density at radius 2 is 1.86 bits per heavy atom. The maximum absolute atomic E-state index is 12.7. The van der Waals surface area contributed by atoms with Crippen LogP contribution in [0.3, 0.4) is 0 Å². The second kappa shape index (κ2) is 8.05. The van der Waals surface area contributed by atoms with Crippen molar-refractivity contribution in [1.82, 2.24) is 14.9 Å². The van der Waals surface area contributed by atoms with Gasteiger partial charge in [0.25, 0.3) is 11.5 Å². The summed E-state index contributed by atoms with van der Waals surface area (Å²) in [7, 11) is 0. The van der Waals surface area contributed by atoms with Gasteiger partial charge >= 0.3 is 0 Å². The van der Waals surface area contributed by atoms with Gasteiger partial charge in [0.15, 0.2) is 5.17 Å². The first-order valence-corrected chi connectivity index (χ1v) is 10.1. The third-order valence-corrected chi connectivity index (χ3v) is 5.61. The number of amides is 1. The number of hydrogen-bond donors (Lipinski definition) is 1. The zero-order chi connectivity index (χ0) is 20.4. The maximum Gasteiger partial charge on any atom is 0.264 e. The fourth-order valence-electron chi connectivity index (χ4n) is 3.11. The molecule has 0 radical (unpaired) electrons. The largest absolute Gasteiger partial charge is 0.301 e. The van der Waals surface area contributed by atoms with Crippen LogP contribution in [0.25, 0.3) is 17.0 Å². The van der Waals surface area contributed by atoms with Crippen LogP contribution in [0.5, 0.6) is 0 Å². The molecule has 2 aromatic carbocycles. The lowest BCUT2D eigenvalue weighted by Crippen LogP contribution is -2.26. The lowest BCUT2D eigenvalue weighted by molar-refractivity contribution is -0.115. The number of para-hydroxylation sites is 1. The molecule has 6 nitrogen and oxygen atoms in total. The van der Waals surface area contributed by atoms with Gasteiger partial charge in [-0.05, 0) is 49.4 Å². The molecule has 2 heterocycles. The third kappa shape index (κ3) is 4.14. The number of nitrogens with zero attached hydrogens (tertiary/aromatic N) is 3. The molecule has 1 amide bonds. The van der Waals surface area contributed by atoms with E-state index in [9.17, 15) is 9.59 Å². The average Bonchev–Trinajstić information content (AvgIpc) is 3.05. The molecule has 3 aromatic rings. The minimum Gasteiger partial charge on any atom is -0.301 e. The maximum atomic E-state index is 12.7. The summed E-state index contributed by atoms with van der Waals surface area (Å²) >= 11 is 1.31. The summed E-state index contributed by atoms with van der Waals surface area (Å²) in [6.07, 6.45) is 1.85. The second-order valence-corrected chi connectivity index (χ2v) is 7.83. The molecule has 1 aliphatic heterocycles. The monoisotopic (exact) mass is 404 g/mol. The van der Waals surface area contributed by atoms with Crippen molar-refractivity contribution in [3.63, 3.8) is 0 Å². The van der Waals surface area contributed by atoms with Gasteiger partial charge in [-0.15, -0.1) is 0 Å². The number of carbonyl (C=O) groups is 1. The minimum absolute atomic E-state index is 0.0728. The van der Waals surface area contributed by atoms with Gasteiger partial charge in [0.1, 0.15) is 5.82 Å². The van der Waals surface area contributed by atoms with Crippen LogP contribution in [0.4, 0.5) is 0 Å². The smallest absolute Gasteiger partial charge is 0.264 e. The Morgan fingerprint density at radius 1 is 1.10 bits per heavy atom. The van der Waals surface area contributed by atoms with E-state index in [1.807, 2.05) is 62.4 Å². The van der Waals surface area contributed by atoms with E-state index >= 15 is 0 Å². The molecular weight excluding hydrogens is 384 g/mol. The summed E-state index contributed by atoms with van der Waals surface area (Å²) in [6.45, 7) is 4.62. The molecule has 0 unspecified atom stereocenters. The molecule has 1 N–H and O–H groups in total. The van der Waals surface area contributed by atoms with Gasteiger partial charge in [0.05, 0.1) is 22.4 Å². The van der Waals surface area contributed by atoms with E-state index in [2.05, 4.69) is 15.3 Å².